The summed E-state index contributed by atoms with van der Waals surface area (Å²) in [4.78, 5) is 61.6. The molecule has 0 aliphatic carbocycles. The zero-order chi connectivity index (χ0) is 42.4. The van der Waals surface area contributed by atoms with E-state index < -0.39 is 0 Å². The Morgan fingerprint density at radius 1 is 0.780 bits per heavy atom. The minimum Gasteiger partial charge on any atom is -0.466 e. The summed E-state index contributed by atoms with van der Waals surface area (Å²) in [5.41, 5.74) is 12.3. The second kappa shape index (κ2) is 19.7. The Morgan fingerprint density at radius 3 is 2.17 bits per heavy atom. The van der Waals surface area contributed by atoms with Crippen molar-refractivity contribution in [3.8, 4) is 0 Å². The molecule has 4 aliphatic heterocycles. The van der Waals surface area contributed by atoms with Crippen LogP contribution in [-0.2, 0) is 14.3 Å². The maximum absolute atomic E-state index is 14.9. The highest BCUT2D eigenvalue weighted by Crippen LogP contribution is 2.45. The number of aromatic amines is 2. The number of fused-ring (bicyclic) bond motifs is 8. The van der Waals surface area contributed by atoms with E-state index in [2.05, 4.69) is 70.6 Å². The van der Waals surface area contributed by atoms with Crippen LogP contribution in [0, 0.1) is 6.92 Å². The van der Waals surface area contributed by atoms with E-state index in [1.54, 1.807) is 0 Å². The van der Waals surface area contributed by atoms with E-state index in [4.69, 9.17) is 19.4 Å². The van der Waals surface area contributed by atoms with Crippen molar-refractivity contribution in [2.45, 2.75) is 164 Å². The van der Waals surface area contributed by atoms with Crippen LogP contribution in [0.2, 0.25) is 0 Å². The van der Waals surface area contributed by atoms with Gasteiger partial charge in [0.1, 0.15) is 0 Å². The first-order valence-corrected chi connectivity index (χ1v) is 22.6. The quantitative estimate of drug-likeness (QED) is 0.0821. The molecule has 10 heteroatoms. The fourth-order valence-corrected chi connectivity index (χ4v) is 9.20. The molecule has 0 fully saturated rings. The number of H-pyrrole nitrogens is 2. The molecule has 3 atom stereocenters. The van der Waals surface area contributed by atoms with Crippen LogP contribution in [0.15, 0.2) is 18.2 Å². The molecule has 0 radical (unpaired) electrons. The lowest BCUT2D eigenvalue weighted by Gasteiger charge is -2.27. The zero-order valence-electron chi connectivity index (χ0n) is 37.2. The van der Waals surface area contributed by atoms with E-state index in [0.29, 0.717) is 42.8 Å². The topological polar surface area (TPSA) is 130 Å². The molecule has 2 aromatic rings. The first-order valence-electron chi connectivity index (χ1n) is 22.6. The molecule has 2 N–H and O–H groups in total. The molecule has 0 unspecified atom stereocenters. The molecule has 0 spiro atoms. The largest absolute Gasteiger partial charge is 0.466 e. The lowest BCUT2D eigenvalue weighted by molar-refractivity contribution is -0.143. The highest BCUT2D eigenvalue weighted by atomic mass is 16.5. The molecule has 4 aliphatic rings. The van der Waals surface area contributed by atoms with Crippen LogP contribution in [0.3, 0.4) is 0 Å². The van der Waals surface area contributed by atoms with Crippen LogP contribution >= 0.6 is 0 Å². The Kier molecular flexibility index (Phi) is 14.7. The Bertz CT molecular complexity index is 2190. The zero-order valence-corrected chi connectivity index (χ0v) is 37.2. The van der Waals surface area contributed by atoms with Crippen LogP contribution in [0.25, 0.3) is 33.3 Å². The Balaban J connectivity index is 1.61. The van der Waals surface area contributed by atoms with Crippen LogP contribution in [0.1, 0.15) is 211 Å². The maximum Gasteiger partial charge on any atom is 0.305 e. The highest BCUT2D eigenvalue weighted by molar-refractivity contribution is 6.23. The van der Waals surface area contributed by atoms with Crippen LogP contribution in [0.5, 0.6) is 0 Å². The number of hydrogen-bond donors (Lipinski definition) is 2. The summed E-state index contributed by atoms with van der Waals surface area (Å²) in [6, 6.07) is 6.25. The summed E-state index contributed by atoms with van der Waals surface area (Å²) in [6.45, 7) is 20.4. The van der Waals surface area contributed by atoms with Crippen molar-refractivity contribution >= 4 is 51.1 Å². The maximum atomic E-state index is 14.9. The van der Waals surface area contributed by atoms with Gasteiger partial charge in [-0.2, -0.15) is 0 Å². The average Bonchev–Trinajstić information content (AvgIpc) is 3.90. The van der Waals surface area contributed by atoms with Crippen LogP contribution in [-0.4, -0.2) is 68.5 Å². The van der Waals surface area contributed by atoms with Gasteiger partial charge in [0.2, 0.25) is 0 Å². The number of hydrogen-bond acceptors (Lipinski definition) is 7. The molecule has 0 aromatic carbocycles. The second-order valence-corrected chi connectivity index (χ2v) is 16.9. The number of ether oxygens (including phenoxy) is 2. The molecular formula is C49H67N5O5. The lowest BCUT2D eigenvalue weighted by atomic mass is 9.84. The number of aryl methyl sites for hydroxylation is 1. The second-order valence-electron chi connectivity index (χ2n) is 16.9. The third kappa shape index (κ3) is 9.13. The summed E-state index contributed by atoms with van der Waals surface area (Å²) in [6.07, 6.45) is 11.6. The van der Waals surface area contributed by atoms with E-state index in [-0.39, 0.29) is 42.1 Å². The smallest absolute Gasteiger partial charge is 0.305 e. The number of esters is 1. The van der Waals surface area contributed by atoms with Gasteiger partial charge >= 0.3 is 5.97 Å². The van der Waals surface area contributed by atoms with Crippen molar-refractivity contribution in [1.82, 2.24) is 24.8 Å². The van der Waals surface area contributed by atoms with Crippen molar-refractivity contribution in [1.29, 1.82) is 0 Å². The lowest BCUT2D eigenvalue weighted by Crippen LogP contribution is -2.41. The van der Waals surface area contributed by atoms with Gasteiger partial charge < -0.3 is 19.4 Å². The van der Waals surface area contributed by atoms with Gasteiger partial charge in [0.05, 0.1) is 52.1 Å². The molecular weight excluding hydrogens is 739 g/mol. The number of aromatic nitrogens is 4. The number of carbonyl (C=O) groups excluding carboxylic acids is 3. The monoisotopic (exact) mass is 806 g/mol. The molecule has 6 rings (SSSR count). The molecule has 2 aromatic heterocycles. The summed E-state index contributed by atoms with van der Waals surface area (Å²) < 4.78 is 12.1. The minimum atomic E-state index is -0.316. The molecule has 318 valence electrons. The van der Waals surface area contributed by atoms with E-state index in [9.17, 15) is 14.4 Å². The number of nitrogens with zero attached hydrogens (tertiary/aromatic N) is 3. The third-order valence-corrected chi connectivity index (χ3v) is 12.7. The van der Waals surface area contributed by atoms with Gasteiger partial charge in [-0.25, -0.2) is 9.97 Å². The van der Waals surface area contributed by atoms with Gasteiger partial charge in [0, 0.05) is 53.9 Å². The van der Waals surface area contributed by atoms with Gasteiger partial charge in [-0.1, -0.05) is 79.6 Å². The molecule has 6 heterocycles. The first-order chi connectivity index (χ1) is 28.4. The summed E-state index contributed by atoms with van der Waals surface area (Å²) in [7, 11) is 0. The van der Waals surface area contributed by atoms with Gasteiger partial charge in [-0.3, -0.25) is 19.3 Å². The van der Waals surface area contributed by atoms with Crippen molar-refractivity contribution in [2.24, 2.45) is 0 Å². The fourth-order valence-electron chi connectivity index (χ4n) is 9.20. The van der Waals surface area contributed by atoms with Crippen LogP contribution in [0.4, 0.5) is 0 Å². The summed E-state index contributed by atoms with van der Waals surface area (Å²) >= 11 is 0. The number of rotatable bonds is 19. The Labute approximate surface area is 351 Å². The number of amides is 2. The highest BCUT2D eigenvalue weighted by Gasteiger charge is 2.40. The van der Waals surface area contributed by atoms with Crippen molar-refractivity contribution < 1.29 is 23.9 Å². The third-order valence-electron chi connectivity index (χ3n) is 12.7. The minimum absolute atomic E-state index is 0.0989. The van der Waals surface area contributed by atoms with Gasteiger partial charge in [0.15, 0.2) is 0 Å². The van der Waals surface area contributed by atoms with Crippen molar-refractivity contribution in [2.75, 3.05) is 19.8 Å². The summed E-state index contributed by atoms with van der Waals surface area (Å²) in [5.74, 6) is -1.17. The fraction of sp³-hybridized carbons (Fsp3) is 0.571. The predicted molar refractivity (Wildman–Crippen MR) is 238 cm³/mol. The van der Waals surface area contributed by atoms with Crippen molar-refractivity contribution in [3.63, 3.8) is 0 Å². The number of unbranched alkanes of at least 4 members (excludes halogenated alkanes) is 7. The average molecular weight is 806 g/mol. The number of allylic oxidation sites excluding steroid dienone is 3. The number of imide groups is 1. The van der Waals surface area contributed by atoms with Gasteiger partial charge in [-0.05, 0) is 100 Å². The molecule has 2 amide bonds. The molecule has 59 heavy (non-hydrogen) atoms. The van der Waals surface area contributed by atoms with Gasteiger partial charge in [0.25, 0.3) is 11.8 Å². The SMILES string of the molecule is CCCCCCCO[C@H](C)C1=C(C)c2cc3[nH]c(c4c5[nH]c(cc6nc(cc1n2)C(C)=C6CC)c(C)c5C(=O)N(CCCCCC)C4=O)[C@@H](CCC(=O)OCCC)[C@@H]3C. The van der Waals surface area contributed by atoms with Gasteiger partial charge in [-0.15, -0.1) is 0 Å². The standard InChI is InChI=1S/C49H67N5O5/c1-10-14-16-18-20-25-58-33(9)43-31(7)38-26-37-30(6)35(21-22-42(55)59-24-12-3)46(52-37)45-47-44(48(56)54(49(45)57)23-19-17-15-11-2)32(8)39(53-47)27-40-34(13-4)29(5)36(50-40)28-41(43)51-38/h26-28,30,33,35,52-53H,10-25H2,1-9H3/t30-,33+,35-/m0/s1. The number of nitrogens with one attached hydrogen (secondary N) is 2. The van der Waals surface area contributed by atoms with E-state index in [1.807, 2.05) is 19.9 Å². The number of carbonyl (C=O) groups is 3. The molecule has 0 saturated carbocycles. The van der Waals surface area contributed by atoms with Crippen LogP contribution < -0.4 is 0 Å². The Morgan fingerprint density at radius 2 is 1.46 bits per heavy atom. The molecule has 0 saturated heterocycles. The Hall–Kier alpha value is -4.57. The van der Waals surface area contributed by atoms with E-state index >= 15 is 0 Å². The van der Waals surface area contributed by atoms with Crippen molar-refractivity contribution in [3.05, 3.63) is 69.1 Å². The van der Waals surface area contributed by atoms with E-state index in [1.165, 1.54) is 24.2 Å². The van der Waals surface area contributed by atoms with E-state index in [0.717, 1.165) is 119 Å². The molecule has 8 bridgehead atoms. The predicted octanol–water partition coefficient (Wildman–Crippen LogP) is 11.8. The summed E-state index contributed by atoms with van der Waals surface area (Å²) in [5, 5.41) is 0. The molecule has 10 nitrogen and oxygen atoms in total. The first kappa shape index (κ1) is 44.0. The normalized spacial score (nSPS) is 17.6.